The summed E-state index contributed by atoms with van der Waals surface area (Å²) in [6.07, 6.45) is -0.255. The molecule has 2 aromatic carbocycles. The topological polar surface area (TPSA) is 40.5 Å². The first-order valence-electron chi connectivity index (χ1n) is 5.37. The molecule has 0 bridgehead atoms. The van der Waals surface area contributed by atoms with Gasteiger partial charge in [-0.05, 0) is 29.3 Å². The summed E-state index contributed by atoms with van der Waals surface area (Å²) in [5, 5.41) is 20.3. The molecule has 3 heteroatoms. The van der Waals surface area contributed by atoms with E-state index in [9.17, 15) is 10.2 Å². The number of phenolic OH excluding ortho intramolecular Hbond substituents is 1. The fraction of sp³-hybridized carbons (Fsp3) is 0.143. The number of halogens is 1. The van der Waals surface area contributed by atoms with Crippen molar-refractivity contribution in [2.45, 2.75) is 12.5 Å². The van der Waals surface area contributed by atoms with Crippen LogP contribution in [0.1, 0.15) is 17.2 Å². The van der Waals surface area contributed by atoms with Gasteiger partial charge in [0.05, 0.1) is 6.10 Å². The molecule has 2 aromatic rings. The van der Waals surface area contributed by atoms with Crippen LogP contribution in [0.2, 0.25) is 5.02 Å². The van der Waals surface area contributed by atoms with Crippen molar-refractivity contribution in [3.63, 3.8) is 0 Å². The number of aliphatic hydroxyl groups is 1. The number of rotatable bonds is 3. The van der Waals surface area contributed by atoms with Crippen LogP contribution >= 0.6 is 11.6 Å². The van der Waals surface area contributed by atoms with Crippen LogP contribution in [0, 0.1) is 0 Å². The van der Waals surface area contributed by atoms with Crippen LogP contribution in [-0.2, 0) is 6.42 Å². The van der Waals surface area contributed by atoms with Gasteiger partial charge in [-0.15, -0.1) is 0 Å². The minimum atomic E-state index is -0.638. The molecule has 0 radical (unpaired) electrons. The zero-order valence-electron chi connectivity index (χ0n) is 9.18. The van der Waals surface area contributed by atoms with Gasteiger partial charge in [0.1, 0.15) is 5.75 Å². The molecular weight excluding hydrogens is 236 g/mol. The van der Waals surface area contributed by atoms with E-state index in [1.54, 1.807) is 42.5 Å². The molecule has 17 heavy (non-hydrogen) atoms. The van der Waals surface area contributed by atoms with Crippen LogP contribution in [0.5, 0.6) is 5.75 Å². The highest BCUT2D eigenvalue weighted by atomic mass is 35.5. The number of aliphatic hydroxyl groups excluding tert-OH is 1. The van der Waals surface area contributed by atoms with E-state index in [0.29, 0.717) is 11.4 Å². The van der Waals surface area contributed by atoms with Gasteiger partial charge in [-0.25, -0.2) is 0 Å². The molecule has 0 saturated carbocycles. The molecule has 0 fully saturated rings. The molecule has 0 spiro atoms. The van der Waals surface area contributed by atoms with Crippen molar-refractivity contribution in [1.82, 2.24) is 0 Å². The second-order valence-electron chi connectivity index (χ2n) is 3.90. The van der Waals surface area contributed by atoms with E-state index in [4.69, 9.17) is 11.6 Å². The molecule has 2 rings (SSSR count). The van der Waals surface area contributed by atoms with Gasteiger partial charge in [0.2, 0.25) is 0 Å². The van der Waals surface area contributed by atoms with Gasteiger partial charge >= 0.3 is 0 Å². The lowest BCUT2D eigenvalue weighted by molar-refractivity contribution is 0.177. The van der Waals surface area contributed by atoms with Crippen molar-refractivity contribution >= 4 is 11.6 Å². The molecule has 0 aliphatic carbocycles. The summed E-state index contributed by atoms with van der Waals surface area (Å²) in [4.78, 5) is 0. The van der Waals surface area contributed by atoms with Gasteiger partial charge in [0, 0.05) is 11.4 Å². The SMILES string of the molecule is Oc1ccccc1C[C@@H](O)c1ccc(Cl)cc1. The molecule has 0 heterocycles. The maximum absolute atomic E-state index is 10.0. The number of benzene rings is 2. The minimum absolute atomic E-state index is 0.209. The van der Waals surface area contributed by atoms with Crippen molar-refractivity contribution in [1.29, 1.82) is 0 Å². The quantitative estimate of drug-likeness (QED) is 0.875. The zero-order valence-corrected chi connectivity index (χ0v) is 9.93. The Balaban J connectivity index is 2.14. The van der Waals surface area contributed by atoms with Crippen molar-refractivity contribution in [2.75, 3.05) is 0 Å². The van der Waals surface area contributed by atoms with Gasteiger partial charge in [-0.3, -0.25) is 0 Å². The van der Waals surface area contributed by atoms with Gasteiger partial charge < -0.3 is 10.2 Å². The fourth-order valence-corrected chi connectivity index (χ4v) is 1.82. The predicted octanol–water partition coefficient (Wildman–Crippen LogP) is 3.32. The lowest BCUT2D eigenvalue weighted by Crippen LogP contribution is -2.01. The summed E-state index contributed by atoms with van der Waals surface area (Å²) in [6.45, 7) is 0. The van der Waals surface area contributed by atoms with E-state index in [1.807, 2.05) is 6.07 Å². The minimum Gasteiger partial charge on any atom is -0.508 e. The first kappa shape index (κ1) is 12.0. The summed E-state index contributed by atoms with van der Waals surface area (Å²) in [5.74, 6) is 0.209. The monoisotopic (exact) mass is 248 g/mol. The number of aromatic hydroxyl groups is 1. The van der Waals surface area contributed by atoms with Crippen molar-refractivity contribution < 1.29 is 10.2 Å². The highest BCUT2D eigenvalue weighted by Gasteiger charge is 2.10. The molecule has 0 aliphatic rings. The molecule has 0 saturated heterocycles. The van der Waals surface area contributed by atoms with E-state index in [2.05, 4.69) is 0 Å². The van der Waals surface area contributed by atoms with E-state index in [0.717, 1.165) is 11.1 Å². The lowest BCUT2D eigenvalue weighted by Gasteiger charge is -2.12. The number of phenols is 1. The van der Waals surface area contributed by atoms with Crippen LogP contribution in [0.4, 0.5) is 0 Å². The van der Waals surface area contributed by atoms with Gasteiger partial charge in [0.25, 0.3) is 0 Å². The fourth-order valence-electron chi connectivity index (χ4n) is 1.69. The Bertz CT molecular complexity index is 494. The molecule has 0 amide bonds. The van der Waals surface area contributed by atoms with E-state index in [1.165, 1.54) is 0 Å². The average Bonchev–Trinajstić information content (AvgIpc) is 2.33. The third-order valence-corrected chi connectivity index (χ3v) is 2.91. The van der Waals surface area contributed by atoms with E-state index < -0.39 is 6.10 Å². The van der Waals surface area contributed by atoms with Gasteiger partial charge in [-0.2, -0.15) is 0 Å². The Labute approximate surface area is 105 Å². The summed E-state index contributed by atoms with van der Waals surface area (Å²) >= 11 is 5.78. The predicted molar refractivity (Wildman–Crippen MR) is 68.2 cm³/mol. The molecule has 2 nitrogen and oxygen atoms in total. The second-order valence-corrected chi connectivity index (χ2v) is 4.34. The average molecular weight is 249 g/mol. The third kappa shape index (κ3) is 2.99. The van der Waals surface area contributed by atoms with Crippen molar-refractivity contribution in [3.05, 3.63) is 64.7 Å². The molecule has 1 atom stereocenters. The Hall–Kier alpha value is -1.51. The normalized spacial score (nSPS) is 12.4. The number of hydrogen-bond acceptors (Lipinski definition) is 2. The Morgan fingerprint density at radius 3 is 2.29 bits per heavy atom. The standard InChI is InChI=1S/C14H13ClO2/c15-12-7-5-10(6-8-12)14(17)9-11-3-1-2-4-13(11)16/h1-8,14,16-17H,9H2/t14-/m1/s1. The first-order chi connectivity index (χ1) is 8.16. The number of hydrogen-bond donors (Lipinski definition) is 2. The van der Waals surface area contributed by atoms with Crippen LogP contribution in [0.3, 0.4) is 0 Å². The Kier molecular flexibility index (Phi) is 3.67. The summed E-state index contributed by atoms with van der Waals surface area (Å²) < 4.78 is 0. The molecule has 2 N–H and O–H groups in total. The summed E-state index contributed by atoms with van der Waals surface area (Å²) in [6, 6.07) is 14.1. The molecule has 0 aliphatic heterocycles. The third-order valence-electron chi connectivity index (χ3n) is 2.66. The largest absolute Gasteiger partial charge is 0.508 e. The zero-order chi connectivity index (χ0) is 12.3. The Morgan fingerprint density at radius 1 is 1.00 bits per heavy atom. The molecular formula is C14H13ClO2. The van der Waals surface area contributed by atoms with Crippen molar-refractivity contribution in [2.24, 2.45) is 0 Å². The lowest BCUT2D eigenvalue weighted by atomic mass is 10.0. The first-order valence-corrected chi connectivity index (χ1v) is 5.75. The second kappa shape index (κ2) is 5.21. The molecule has 0 unspecified atom stereocenters. The number of para-hydroxylation sites is 1. The van der Waals surface area contributed by atoms with Crippen LogP contribution < -0.4 is 0 Å². The van der Waals surface area contributed by atoms with Crippen LogP contribution in [0.25, 0.3) is 0 Å². The van der Waals surface area contributed by atoms with E-state index >= 15 is 0 Å². The van der Waals surface area contributed by atoms with Crippen LogP contribution in [-0.4, -0.2) is 10.2 Å². The summed E-state index contributed by atoms with van der Waals surface area (Å²) in [7, 11) is 0. The van der Waals surface area contributed by atoms with Gasteiger partial charge in [0.15, 0.2) is 0 Å². The Morgan fingerprint density at radius 2 is 1.65 bits per heavy atom. The van der Waals surface area contributed by atoms with Crippen LogP contribution in [0.15, 0.2) is 48.5 Å². The smallest absolute Gasteiger partial charge is 0.118 e. The molecule has 0 aromatic heterocycles. The highest BCUT2D eigenvalue weighted by molar-refractivity contribution is 6.30. The highest BCUT2D eigenvalue weighted by Crippen LogP contribution is 2.24. The summed E-state index contributed by atoms with van der Waals surface area (Å²) in [5.41, 5.74) is 1.52. The maximum Gasteiger partial charge on any atom is 0.118 e. The van der Waals surface area contributed by atoms with Crippen molar-refractivity contribution in [3.8, 4) is 5.75 Å². The molecule has 88 valence electrons. The van der Waals surface area contributed by atoms with E-state index in [-0.39, 0.29) is 5.75 Å². The van der Waals surface area contributed by atoms with Gasteiger partial charge in [-0.1, -0.05) is 41.9 Å². The maximum atomic E-state index is 10.0.